The molecule has 3 rings (SSSR count). The number of hydrogen-bond acceptors (Lipinski definition) is 5. The van der Waals surface area contributed by atoms with Crippen LogP contribution in [0.3, 0.4) is 0 Å². The summed E-state index contributed by atoms with van der Waals surface area (Å²) < 4.78 is 6.89. The van der Waals surface area contributed by atoms with Gasteiger partial charge < -0.3 is 10.5 Å². The van der Waals surface area contributed by atoms with Crippen molar-refractivity contribution in [2.75, 3.05) is 12.8 Å². The van der Waals surface area contributed by atoms with Gasteiger partial charge >= 0.3 is 0 Å². The Morgan fingerprint density at radius 2 is 1.90 bits per heavy atom. The summed E-state index contributed by atoms with van der Waals surface area (Å²) in [5.74, 6) is 1.86. The van der Waals surface area contributed by atoms with E-state index in [0.29, 0.717) is 17.3 Å². The van der Waals surface area contributed by atoms with Gasteiger partial charge in [0.1, 0.15) is 17.3 Å². The fourth-order valence-corrected chi connectivity index (χ4v) is 2.18. The number of benzene rings is 1. The molecule has 0 saturated carbocycles. The summed E-state index contributed by atoms with van der Waals surface area (Å²) in [5, 5.41) is 4.44. The van der Waals surface area contributed by atoms with Crippen LogP contribution in [-0.2, 0) is 7.05 Å². The molecule has 0 spiro atoms. The maximum Gasteiger partial charge on any atom is 0.180 e. The van der Waals surface area contributed by atoms with Crippen LogP contribution in [0.5, 0.6) is 5.75 Å². The van der Waals surface area contributed by atoms with Crippen LogP contribution in [-0.4, -0.2) is 26.9 Å². The Balaban J connectivity index is 2.22. The third-order valence-electron chi connectivity index (χ3n) is 3.23. The first kappa shape index (κ1) is 13.1. The van der Waals surface area contributed by atoms with Crippen molar-refractivity contribution in [3.63, 3.8) is 0 Å². The Morgan fingerprint density at radius 1 is 1.14 bits per heavy atom. The molecule has 0 fully saturated rings. The SMILES string of the molecule is COc1cccc(-c2c(-c3ncccn3)nn(C)c2N)c1. The maximum atomic E-state index is 6.17. The Morgan fingerprint density at radius 3 is 2.62 bits per heavy atom. The van der Waals surface area contributed by atoms with Gasteiger partial charge in [0.2, 0.25) is 0 Å². The summed E-state index contributed by atoms with van der Waals surface area (Å²) in [5.41, 5.74) is 8.55. The first-order chi connectivity index (χ1) is 10.2. The number of nitrogen functional groups attached to an aromatic ring is 1. The molecule has 0 aliphatic carbocycles. The van der Waals surface area contributed by atoms with Crippen LogP contribution >= 0.6 is 0 Å². The number of aryl methyl sites for hydroxylation is 1. The number of methoxy groups -OCH3 is 1. The molecule has 0 aliphatic heterocycles. The monoisotopic (exact) mass is 281 g/mol. The molecule has 0 bridgehead atoms. The summed E-state index contributed by atoms with van der Waals surface area (Å²) in [6.45, 7) is 0. The van der Waals surface area contributed by atoms with Crippen molar-refractivity contribution < 1.29 is 4.74 Å². The van der Waals surface area contributed by atoms with Gasteiger partial charge in [-0.15, -0.1) is 0 Å². The van der Waals surface area contributed by atoms with Gasteiger partial charge in [-0.25, -0.2) is 9.97 Å². The van der Waals surface area contributed by atoms with E-state index in [-0.39, 0.29) is 0 Å². The smallest absolute Gasteiger partial charge is 0.180 e. The Kier molecular flexibility index (Phi) is 3.27. The fourth-order valence-electron chi connectivity index (χ4n) is 2.18. The van der Waals surface area contributed by atoms with Crippen molar-refractivity contribution in [2.45, 2.75) is 0 Å². The summed E-state index contributed by atoms with van der Waals surface area (Å²) in [4.78, 5) is 8.52. The Hall–Kier alpha value is -2.89. The standard InChI is InChI=1S/C15H15N5O/c1-20-14(16)12(10-5-3-6-11(9-10)21-2)13(19-20)15-17-7-4-8-18-15/h3-9H,16H2,1-2H3. The molecule has 6 nitrogen and oxygen atoms in total. The van der Waals surface area contributed by atoms with E-state index < -0.39 is 0 Å². The van der Waals surface area contributed by atoms with Gasteiger partial charge in [-0.05, 0) is 23.8 Å². The largest absolute Gasteiger partial charge is 0.497 e. The molecule has 0 atom stereocenters. The predicted molar refractivity (Wildman–Crippen MR) is 80.6 cm³/mol. The molecule has 2 heterocycles. The molecule has 0 radical (unpaired) electrons. The minimum Gasteiger partial charge on any atom is -0.497 e. The number of ether oxygens (including phenoxy) is 1. The van der Waals surface area contributed by atoms with E-state index in [1.54, 1.807) is 37.3 Å². The van der Waals surface area contributed by atoms with E-state index >= 15 is 0 Å². The number of rotatable bonds is 3. The number of nitrogens with two attached hydrogens (primary N) is 1. The van der Waals surface area contributed by atoms with Crippen LogP contribution in [0.4, 0.5) is 5.82 Å². The molecule has 2 aromatic heterocycles. The lowest BCUT2D eigenvalue weighted by molar-refractivity contribution is 0.415. The average molecular weight is 281 g/mol. The quantitative estimate of drug-likeness (QED) is 0.795. The van der Waals surface area contributed by atoms with E-state index in [1.807, 2.05) is 24.3 Å². The second-order valence-electron chi connectivity index (χ2n) is 4.54. The highest BCUT2D eigenvalue weighted by atomic mass is 16.5. The molecule has 0 unspecified atom stereocenters. The third-order valence-corrected chi connectivity index (χ3v) is 3.23. The van der Waals surface area contributed by atoms with Crippen LogP contribution in [0.25, 0.3) is 22.6 Å². The molecule has 0 amide bonds. The highest BCUT2D eigenvalue weighted by Gasteiger charge is 2.19. The third kappa shape index (κ3) is 2.31. The van der Waals surface area contributed by atoms with Gasteiger partial charge in [0, 0.05) is 19.4 Å². The van der Waals surface area contributed by atoms with Gasteiger partial charge in [-0.3, -0.25) is 4.68 Å². The zero-order chi connectivity index (χ0) is 14.8. The first-order valence-electron chi connectivity index (χ1n) is 6.45. The first-order valence-corrected chi connectivity index (χ1v) is 6.45. The summed E-state index contributed by atoms with van der Waals surface area (Å²) in [6.07, 6.45) is 3.37. The molecule has 0 saturated heterocycles. The van der Waals surface area contributed by atoms with E-state index in [2.05, 4.69) is 15.1 Å². The number of hydrogen-bond donors (Lipinski definition) is 1. The Bertz CT molecular complexity index is 767. The lowest BCUT2D eigenvalue weighted by atomic mass is 10.0. The second kappa shape index (κ2) is 5.24. The highest BCUT2D eigenvalue weighted by molar-refractivity contribution is 5.86. The number of anilines is 1. The van der Waals surface area contributed by atoms with Crippen LogP contribution in [0.15, 0.2) is 42.7 Å². The minimum absolute atomic E-state index is 0.544. The second-order valence-corrected chi connectivity index (χ2v) is 4.54. The fraction of sp³-hybridized carbons (Fsp3) is 0.133. The number of aromatic nitrogens is 4. The molecule has 0 aliphatic rings. The van der Waals surface area contributed by atoms with E-state index in [9.17, 15) is 0 Å². The van der Waals surface area contributed by atoms with Crippen molar-refractivity contribution in [2.24, 2.45) is 7.05 Å². The van der Waals surface area contributed by atoms with Crippen LogP contribution in [0.2, 0.25) is 0 Å². The van der Waals surface area contributed by atoms with E-state index in [0.717, 1.165) is 16.9 Å². The summed E-state index contributed by atoms with van der Waals surface area (Å²) in [7, 11) is 3.43. The predicted octanol–water partition coefficient (Wildman–Crippen LogP) is 2.13. The zero-order valence-electron chi connectivity index (χ0n) is 11.8. The molecular formula is C15H15N5O. The van der Waals surface area contributed by atoms with Crippen LogP contribution in [0.1, 0.15) is 0 Å². The lowest BCUT2D eigenvalue weighted by Gasteiger charge is -2.06. The highest BCUT2D eigenvalue weighted by Crippen LogP contribution is 2.35. The van der Waals surface area contributed by atoms with E-state index in [4.69, 9.17) is 10.5 Å². The van der Waals surface area contributed by atoms with Crippen LogP contribution in [0, 0.1) is 0 Å². The lowest BCUT2D eigenvalue weighted by Crippen LogP contribution is -1.98. The van der Waals surface area contributed by atoms with Gasteiger partial charge in [-0.2, -0.15) is 5.10 Å². The minimum atomic E-state index is 0.544. The molecule has 21 heavy (non-hydrogen) atoms. The molecule has 2 N–H and O–H groups in total. The molecule has 3 aromatic rings. The molecular weight excluding hydrogens is 266 g/mol. The topological polar surface area (TPSA) is 78.9 Å². The van der Waals surface area contributed by atoms with Crippen molar-refractivity contribution in [1.29, 1.82) is 0 Å². The van der Waals surface area contributed by atoms with Crippen molar-refractivity contribution in [3.8, 4) is 28.4 Å². The molecule has 6 heteroatoms. The van der Waals surface area contributed by atoms with Crippen molar-refractivity contribution >= 4 is 5.82 Å². The van der Waals surface area contributed by atoms with Crippen molar-refractivity contribution in [3.05, 3.63) is 42.7 Å². The van der Waals surface area contributed by atoms with Gasteiger partial charge in [-0.1, -0.05) is 12.1 Å². The van der Waals surface area contributed by atoms with E-state index in [1.165, 1.54) is 0 Å². The average Bonchev–Trinajstić information content (AvgIpc) is 2.84. The summed E-state index contributed by atoms with van der Waals surface area (Å²) >= 11 is 0. The maximum absolute atomic E-state index is 6.17. The van der Waals surface area contributed by atoms with Crippen LogP contribution < -0.4 is 10.5 Å². The van der Waals surface area contributed by atoms with Gasteiger partial charge in [0.05, 0.1) is 12.7 Å². The normalized spacial score (nSPS) is 10.6. The summed E-state index contributed by atoms with van der Waals surface area (Å²) in [6, 6.07) is 9.44. The molecule has 106 valence electrons. The van der Waals surface area contributed by atoms with Gasteiger partial charge in [0.25, 0.3) is 0 Å². The zero-order valence-corrected chi connectivity index (χ0v) is 11.8. The van der Waals surface area contributed by atoms with Crippen molar-refractivity contribution in [1.82, 2.24) is 19.7 Å². The van der Waals surface area contributed by atoms with Gasteiger partial charge in [0.15, 0.2) is 5.82 Å². The molecule has 1 aromatic carbocycles. The Labute approximate surface area is 122 Å². The number of nitrogens with zero attached hydrogens (tertiary/aromatic N) is 4.